The minimum Gasteiger partial charge on any atom is -0.478 e. The van der Waals surface area contributed by atoms with Gasteiger partial charge in [-0.05, 0) is 6.92 Å². The van der Waals surface area contributed by atoms with E-state index in [1.165, 1.54) is 6.20 Å². The van der Waals surface area contributed by atoms with Gasteiger partial charge >= 0.3 is 5.97 Å². The van der Waals surface area contributed by atoms with Crippen molar-refractivity contribution < 1.29 is 9.90 Å². The summed E-state index contributed by atoms with van der Waals surface area (Å²) in [5.41, 5.74) is 1.25. The molecule has 0 saturated carbocycles. The highest BCUT2D eigenvalue weighted by atomic mass is 16.4. The van der Waals surface area contributed by atoms with E-state index in [1.807, 2.05) is 0 Å². The lowest BCUT2D eigenvalue weighted by atomic mass is 10.2. The number of hydrogen-bond acceptors (Lipinski definition) is 4. The SMILES string of the molecule is CC#CCNc1c(C(=O)O)cnc2c1cnn2C. The Labute approximate surface area is 104 Å². The molecule has 0 aliphatic carbocycles. The van der Waals surface area contributed by atoms with E-state index in [-0.39, 0.29) is 5.56 Å². The summed E-state index contributed by atoms with van der Waals surface area (Å²) in [6, 6.07) is 0. The molecule has 6 nitrogen and oxygen atoms in total. The standard InChI is InChI=1S/C12H12N4O2/c1-3-4-5-13-10-8-7-15-16(2)11(8)14-6-9(10)12(17)18/h6-7H,5H2,1-2H3,(H,13,14)(H,17,18). The van der Waals surface area contributed by atoms with Gasteiger partial charge in [0.05, 0.1) is 23.8 Å². The van der Waals surface area contributed by atoms with Crippen LogP contribution in [0.15, 0.2) is 12.4 Å². The number of anilines is 1. The largest absolute Gasteiger partial charge is 0.478 e. The zero-order valence-corrected chi connectivity index (χ0v) is 10.1. The number of carboxylic acids is 1. The Morgan fingerprint density at radius 1 is 1.56 bits per heavy atom. The van der Waals surface area contributed by atoms with Gasteiger partial charge in [0.15, 0.2) is 5.65 Å². The molecule has 2 aromatic heterocycles. The lowest BCUT2D eigenvalue weighted by molar-refractivity contribution is 0.0697. The van der Waals surface area contributed by atoms with Crippen LogP contribution in [-0.4, -0.2) is 32.4 Å². The van der Waals surface area contributed by atoms with Crippen molar-refractivity contribution in [3.63, 3.8) is 0 Å². The van der Waals surface area contributed by atoms with Crippen molar-refractivity contribution in [2.75, 3.05) is 11.9 Å². The first-order valence-electron chi connectivity index (χ1n) is 5.32. The average Bonchev–Trinajstić information content (AvgIpc) is 2.72. The number of carbonyl (C=O) groups is 1. The summed E-state index contributed by atoms with van der Waals surface area (Å²) in [5.74, 6) is 4.55. The molecule has 2 aromatic rings. The Morgan fingerprint density at radius 2 is 2.33 bits per heavy atom. The van der Waals surface area contributed by atoms with Gasteiger partial charge in [-0.15, -0.1) is 5.92 Å². The van der Waals surface area contributed by atoms with Crippen molar-refractivity contribution in [2.24, 2.45) is 7.05 Å². The maximum Gasteiger partial charge on any atom is 0.339 e. The summed E-state index contributed by atoms with van der Waals surface area (Å²) >= 11 is 0. The highest BCUT2D eigenvalue weighted by Crippen LogP contribution is 2.25. The van der Waals surface area contributed by atoms with Gasteiger partial charge in [0.1, 0.15) is 5.56 Å². The topological polar surface area (TPSA) is 80.0 Å². The van der Waals surface area contributed by atoms with Gasteiger partial charge in [-0.1, -0.05) is 5.92 Å². The molecule has 6 heteroatoms. The van der Waals surface area contributed by atoms with Crippen molar-refractivity contribution >= 4 is 22.7 Å². The summed E-state index contributed by atoms with van der Waals surface area (Å²) in [7, 11) is 1.76. The first-order chi connectivity index (χ1) is 8.65. The third-order valence-corrected chi connectivity index (χ3v) is 2.52. The predicted molar refractivity (Wildman–Crippen MR) is 67.4 cm³/mol. The molecule has 2 heterocycles. The fourth-order valence-electron chi connectivity index (χ4n) is 1.67. The Morgan fingerprint density at radius 3 is 3.00 bits per heavy atom. The van der Waals surface area contributed by atoms with Crippen LogP contribution in [0.1, 0.15) is 17.3 Å². The number of aromatic nitrogens is 3. The van der Waals surface area contributed by atoms with Crippen molar-refractivity contribution in [1.29, 1.82) is 0 Å². The second-order valence-corrected chi connectivity index (χ2v) is 3.64. The molecular formula is C12H12N4O2. The maximum atomic E-state index is 11.2. The third-order valence-electron chi connectivity index (χ3n) is 2.52. The predicted octanol–water partition coefficient (Wildman–Crippen LogP) is 1.10. The lowest BCUT2D eigenvalue weighted by Gasteiger charge is -2.08. The Hall–Kier alpha value is -2.55. The molecule has 0 atom stereocenters. The van der Waals surface area contributed by atoms with Gasteiger partial charge in [-0.3, -0.25) is 4.68 Å². The molecule has 2 N–H and O–H groups in total. The van der Waals surface area contributed by atoms with E-state index in [2.05, 4.69) is 27.2 Å². The summed E-state index contributed by atoms with van der Waals surface area (Å²) < 4.78 is 1.59. The van der Waals surface area contributed by atoms with Gasteiger partial charge in [0, 0.05) is 13.2 Å². The van der Waals surface area contributed by atoms with E-state index < -0.39 is 5.97 Å². The number of carboxylic acid groups (broad SMARTS) is 1. The fourth-order valence-corrected chi connectivity index (χ4v) is 1.67. The monoisotopic (exact) mass is 244 g/mol. The van der Waals surface area contributed by atoms with E-state index in [0.29, 0.717) is 23.3 Å². The summed E-state index contributed by atoms with van der Waals surface area (Å²) in [4.78, 5) is 15.3. The molecule has 0 aromatic carbocycles. The molecule has 0 radical (unpaired) electrons. The number of nitrogens with one attached hydrogen (secondary N) is 1. The molecule has 92 valence electrons. The number of nitrogens with zero attached hydrogens (tertiary/aromatic N) is 3. The second-order valence-electron chi connectivity index (χ2n) is 3.64. The molecule has 0 aliphatic rings. The van der Waals surface area contributed by atoms with E-state index in [9.17, 15) is 4.79 Å². The van der Waals surface area contributed by atoms with E-state index in [4.69, 9.17) is 5.11 Å². The number of rotatable bonds is 3. The molecular weight excluding hydrogens is 232 g/mol. The van der Waals surface area contributed by atoms with Crippen LogP contribution in [0.5, 0.6) is 0 Å². The number of hydrogen-bond donors (Lipinski definition) is 2. The van der Waals surface area contributed by atoms with Gasteiger partial charge in [-0.2, -0.15) is 5.10 Å². The normalized spacial score (nSPS) is 9.89. The summed E-state index contributed by atoms with van der Waals surface area (Å²) in [6.45, 7) is 2.11. The van der Waals surface area contributed by atoms with Gasteiger partial charge < -0.3 is 10.4 Å². The van der Waals surface area contributed by atoms with Crippen LogP contribution in [0.25, 0.3) is 11.0 Å². The second kappa shape index (κ2) is 4.75. The molecule has 0 bridgehead atoms. The van der Waals surface area contributed by atoms with Crippen molar-refractivity contribution in [2.45, 2.75) is 6.92 Å². The summed E-state index contributed by atoms with van der Waals surface area (Å²) in [5, 5.41) is 16.9. The highest BCUT2D eigenvalue weighted by molar-refractivity contribution is 6.03. The Balaban J connectivity index is 2.57. The highest BCUT2D eigenvalue weighted by Gasteiger charge is 2.16. The minimum absolute atomic E-state index is 0.119. The number of pyridine rings is 1. The molecule has 0 fully saturated rings. The van der Waals surface area contributed by atoms with E-state index >= 15 is 0 Å². The van der Waals surface area contributed by atoms with Crippen molar-refractivity contribution in [3.05, 3.63) is 18.0 Å². The van der Waals surface area contributed by atoms with Crippen LogP contribution >= 0.6 is 0 Å². The van der Waals surface area contributed by atoms with Crippen molar-refractivity contribution in [1.82, 2.24) is 14.8 Å². The lowest BCUT2D eigenvalue weighted by Crippen LogP contribution is -2.08. The number of aromatic carboxylic acids is 1. The van der Waals surface area contributed by atoms with E-state index in [1.54, 1.807) is 24.9 Å². The third kappa shape index (κ3) is 1.98. The van der Waals surface area contributed by atoms with Crippen molar-refractivity contribution in [3.8, 4) is 11.8 Å². The van der Waals surface area contributed by atoms with Crippen LogP contribution in [0, 0.1) is 11.8 Å². The molecule has 2 rings (SSSR count). The molecule has 18 heavy (non-hydrogen) atoms. The minimum atomic E-state index is -1.03. The molecule has 0 saturated heterocycles. The average molecular weight is 244 g/mol. The van der Waals surface area contributed by atoms with Crippen LogP contribution < -0.4 is 5.32 Å². The maximum absolute atomic E-state index is 11.2. The van der Waals surface area contributed by atoms with Gasteiger partial charge in [0.2, 0.25) is 0 Å². The molecule has 0 spiro atoms. The Kier molecular flexibility index (Phi) is 3.15. The smallest absolute Gasteiger partial charge is 0.339 e. The van der Waals surface area contributed by atoms with Gasteiger partial charge in [-0.25, -0.2) is 9.78 Å². The molecule has 0 aliphatic heterocycles. The molecule has 0 amide bonds. The fraction of sp³-hybridized carbons (Fsp3) is 0.250. The number of fused-ring (bicyclic) bond motifs is 1. The quantitative estimate of drug-likeness (QED) is 0.790. The number of aryl methyl sites for hydroxylation is 1. The first kappa shape index (κ1) is 11.9. The first-order valence-corrected chi connectivity index (χ1v) is 5.32. The van der Waals surface area contributed by atoms with Crippen LogP contribution in [0.2, 0.25) is 0 Å². The van der Waals surface area contributed by atoms with Crippen LogP contribution in [0.4, 0.5) is 5.69 Å². The zero-order valence-electron chi connectivity index (χ0n) is 10.1. The zero-order chi connectivity index (χ0) is 13.1. The van der Waals surface area contributed by atoms with Gasteiger partial charge in [0.25, 0.3) is 0 Å². The van der Waals surface area contributed by atoms with Crippen LogP contribution in [-0.2, 0) is 7.05 Å². The Bertz CT molecular complexity index is 664. The van der Waals surface area contributed by atoms with E-state index in [0.717, 1.165) is 0 Å². The summed E-state index contributed by atoms with van der Waals surface area (Å²) in [6.07, 6.45) is 2.92. The van der Waals surface area contributed by atoms with Crippen LogP contribution in [0.3, 0.4) is 0 Å². The molecule has 0 unspecified atom stereocenters.